The van der Waals surface area contributed by atoms with Crippen LogP contribution in [0.5, 0.6) is 0 Å². The van der Waals surface area contributed by atoms with Crippen LogP contribution in [0.25, 0.3) is 0 Å². The quantitative estimate of drug-likeness (QED) is 0.634. The van der Waals surface area contributed by atoms with Crippen LogP contribution in [0.2, 0.25) is 0 Å². The van der Waals surface area contributed by atoms with Gasteiger partial charge in [-0.3, -0.25) is 19.8 Å². The van der Waals surface area contributed by atoms with E-state index in [1.165, 1.54) is 12.1 Å². The summed E-state index contributed by atoms with van der Waals surface area (Å²) in [5.41, 5.74) is 0.989. The van der Waals surface area contributed by atoms with Crippen molar-refractivity contribution in [3.63, 3.8) is 0 Å². The number of benzene rings is 1. The highest BCUT2D eigenvalue weighted by molar-refractivity contribution is 5.94. The summed E-state index contributed by atoms with van der Waals surface area (Å²) in [7, 11) is 0. The highest BCUT2D eigenvalue weighted by Crippen LogP contribution is 2.20. The van der Waals surface area contributed by atoms with E-state index in [1.807, 2.05) is 12.1 Å². The maximum absolute atomic E-state index is 12.3. The smallest absolute Gasteiger partial charge is 0.272 e. The van der Waals surface area contributed by atoms with Crippen LogP contribution in [0.1, 0.15) is 34.5 Å². The Hall–Kier alpha value is -2.67. The molecule has 1 aromatic heterocycles. The molecule has 1 saturated heterocycles. The van der Waals surface area contributed by atoms with E-state index in [-0.39, 0.29) is 11.6 Å². The summed E-state index contributed by atoms with van der Waals surface area (Å²) in [6.07, 6.45) is 3.75. The molecule has 1 aromatic carbocycles. The lowest BCUT2D eigenvalue weighted by Gasteiger charge is -2.31. The van der Waals surface area contributed by atoms with Gasteiger partial charge in [-0.15, -0.1) is 0 Å². The summed E-state index contributed by atoms with van der Waals surface area (Å²) in [5.74, 6) is 1.25. The van der Waals surface area contributed by atoms with Crippen LogP contribution in [0, 0.1) is 23.0 Å². The van der Waals surface area contributed by atoms with Crippen LogP contribution in [0.15, 0.2) is 41.0 Å². The third-order valence-electron chi connectivity index (χ3n) is 4.87. The topological polar surface area (TPSA) is 88.6 Å². The first kappa shape index (κ1) is 18.1. The number of likely N-dealkylation sites (tertiary alicyclic amines) is 1. The number of aryl methyl sites for hydroxylation is 1. The lowest BCUT2D eigenvalue weighted by atomic mass is 9.96. The first-order chi connectivity index (χ1) is 12.5. The molecular weight excluding hydrogens is 334 g/mol. The van der Waals surface area contributed by atoms with Crippen LogP contribution < -0.4 is 5.32 Å². The average molecular weight is 357 g/mol. The maximum Gasteiger partial charge on any atom is 0.272 e. The molecule has 0 radical (unpaired) electrons. The molecule has 7 heteroatoms. The summed E-state index contributed by atoms with van der Waals surface area (Å²) < 4.78 is 5.38. The highest BCUT2D eigenvalue weighted by atomic mass is 16.6. The van der Waals surface area contributed by atoms with Gasteiger partial charge >= 0.3 is 0 Å². The van der Waals surface area contributed by atoms with E-state index in [0.717, 1.165) is 38.2 Å². The molecule has 0 aliphatic carbocycles. The Labute approximate surface area is 152 Å². The normalized spacial score (nSPS) is 15.7. The maximum atomic E-state index is 12.3. The van der Waals surface area contributed by atoms with Crippen molar-refractivity contribution in [1.82, 2.24) is 10.2 Å². The summed E-state index contributed by atoms with van der Waals surface area (Å²) >= 11 is 0. The second kappa shape index (κ2) is 8.14. The molecule has 7 nitrogen and oxygen atoms in total. The van der Waals surface area contributed by atoms with Crippen molar-refractivity contribution in [3.05, 3.63) is 63.6 Å². The fraction of sp³-hybridized carbons (Fsp3) is 0.421. The summed E-state index contributed by atoms with van der Waals surface area (Å²) in [6, 6.07) is 8.35. The molecule has 0 spiro atoms. The fourth-order valence-corrected chi connectivity index (χ4v) is 3.31. The van der Waals surface area contributed by atoms with E-state index in [2.05, 4.69) is 10.2 Å². The summed E-state index contributed by atoms with van der Waals surface area (Å²) in [6.45, 7) is 5.07. The zero-order valence-corrected chi connectivity index (χ0v) is 14.8. The number of nitro groups is 1. The van der Waals surface area contributed by atoms with Crippen molar-refractivity contribution in [3.8, 4) is 0 Å². The molecule has 1 aliphatic rings. The number of nitrogens with zero attached hydrogens (tertiary/aromatic N) is 2. The first-order valence-corrected chi connectivity index (χ1v) is 8.81. The van der Waals surface area contributed by atoms with Crippen LogP contribution in [0.4, 0.5) is 5.69 Å². The minimum Gasteiger partial charge on any atom is -0.468 e. The van der Waals surface area contributed by atoms with Gasteiger partial charge in [-0.2, -0.15) is 0 Å². The van der Waals surface area contributed by atoms with Gasteiger partial charge in [0.25, 0.3) is 11.6 Å². The minimum absolute atomic E-state index is 0.0329. The van der Waals surface area contributed by atoms with Gasteiger partial charge in [-0.1, -0.05) is 0 Å². The molecule has 0 bridgehead atoms. The van der Waals surface area contributed by atoms with Crippen LogP contribution in [-0.4, -0.2) is 35.4 Å². The average Bonchev–Trinajstić information content (AvgIpc) is 3.13. The van der Waals surface area contributed by atoms with E-state index in [0.29, 0.717) is 23.6 Å². The molecule has 3 rings (SSSR count). The molecular formula is C19H23N3O4. The third-order valence-corrected chi connectivity index (χ3v) is 4.87. The standard InChI is InChI=1S/C19H23N3O4/c1-14-11-16(4-5-18(14)22(24)25)19(23)20-12-15-6-8-21(9-7-15)13-17-3-2-10-26-17/h2-5,10-11,15H,6-9,12-13H2,1H3,(H,20,23). The molecule has 1 aliphatic heterocycles. The molecule has 1 N–H and O–H groups in total. The van der Waals surface area contributed by atoms with Crippen molar-refractivity contribution in [2.45, 2.75) is 26.3 Å². The summed E-state index contributed by atoms with van der Waals surface area (Å²) in [4.78, 5) is 25.1. The number of nitrogens with one attached hydrogen (secondary N) is 1. The number of amides is 1. The van der Waals surface area contributed by atoms with E-state index in [9.17, 15) is 14.9 Å². The molecule has 26 heavy (non-hydrogen) atoms. The summed E-state index contributed by atoms with van der Waals surface area (Å²) in [5, 5.41) is 13.8. The van der Waals surface area contributed by atoms with Gasteiger partial charge in [0.2, 0.25) is 0 Å². The Morgan fingerprint density at radius 2 is 2.12 bits per heavy atom. The molecule has 138 valence electrons. The Balaban J connectivity index is 1.45. The van der Waals surface area contributed by atoms with Crippen molar-refractivity contribution in [2.75, 3.05) is 19.6 Å². The molecule has 0 saturated carbocycles. The lowest BCUT2D eigenvalue weighted by Crippen LogP contribution is -2.38. The van der Waals surface area contributed by atoms with Gasteiger partial charge in [0.15, 0.2) is 0 Å². The first-order valence-electron chi connectivity index (χ1n) is 8.81. The predicted molar refractivity (Wildman–Crippen MR) is 96.9 cm³/mol. The largest absolute Gasteiger partial charge is 0.468 e. The van der Waals surface area contributed by atoms with Gasteiger partial charge in [0, 0.05) is 23.7 Å². The van der Waals surface area contributed by atoms with Gasteiger partial charge in [-0.05, 0) is 63.0 Å². The lowest BCUT2D eigenvalue weighted by molar-refractivity contribution is -0.385. The van der Waals surface area contributed by atoms with Crippen molar-refractivity contribution in [2.24, 2.45) is 5.92 Å². The predicted octanol–water partition coefficient (Wildman–Crippen LogP) is 3.14. The van der Waals surface area contributed by atoms with Crippen molar-refractivity contribution >= 4 is 11.6 Å². The molecule has 0 atom stereocenters. The number of furan rings is 1. The van der Waals surface area contributed by atoms with Crippen molar-refractivity contribution < 1.29 is 14.1 Å². The van der Waals surface area contributed by atoms with Crippen LogP contribution >= 0.6 is 0 Å². The zero-order valence-electron chi connectivity index (χ0n) is 14.8. The fourth-order valence-electron chi connectivity index (χ4n) is 3.31. The zero-order chi connectivity index (χ0) is 18.5. The minimum atomic E-state index is -0.437. The number of carbonyl (C=O) groups excluding carboxylic acids is 1. The molecule has 1 amide bonds. The third kappa shape index (κ3) is 4.49. The Bertz CT molecular complexity index is 765. The SMILES string of the molecule is Cc1cc(C(=O)NCC2CCN(Cc3ccco3)CC2)ccc1[N+](=O)[O-]. The van der Waals surface area contributed by atoms with E-state index in [4.69, 9.17) is 4.42 Å². The Morgan fingerprint density at radius 1 is 1.35 bits per heavy atom. The van der Waals surface area contributed by atoms with Gasteiger partial charge in [0.1, 0.15) is 5.76 Å². The molecule has 2 aromatic rings. The monoisotopic (exact) mass is 357 g/mol. The highest BCUT2D eigenvalue weighted by Gasteiger charge is 2.21. The van der Waals surface area contributed by atoms with E-state index in [1.54, 1.807) is 19.3 Å². The number of carbonyl (C=O) groups is 1. The van der Waals surface area contributed by atoms with Gasteiger partial charge in [0.05, 0.1) is 17.7 Å². The number of hydrogen-bond acceptors (Lipinski definition) is 5. The molecule has 2 heterocycles. The second-order valence-electron chi connectivity index (χ2n) is 6.77. The Morgan fingerprint density at radius 3 is 2.73 bits per heavy atom. The molecule has 0 unspecified atom stereocenters. The van der Waals surface area contributed by atoms with E-state index >= 15 is 0 Å². The van der Waals surface area contributed by atoms with Crippen LogP contribution in [0.3, 0.4) is 0 Å². The number of rotatable bonds is 6. The van der Waals surface area contributed by atoms with Crippen LogP contribution in [-0.2, 0) is 6.54 Å². The number of nitro benzene ring substituents is 1. The van der Waals surface area contributed by atoms with E-state index < -0.39 is 4.92 Å². The van der Waals surface area contributed by atoms with Crippen molar-refractivity contribution in [1.29, 1.82) is 0 Å². The molecule has 1 fully saturated rings. The number of piperidine rings is 1. The van der Waals surface area contributed by atoms with Gasteiger partial charge < -0.3 is 9.73 Å². The Kier molecular flexibility index (Phi) is 5.68. The second-order valence-corrected chi connectivity index (χ2v) is 6.77. The number of hydrogen-bond donors (Lipinski definition) is 1. The van der Waals surface area contributed by atoms with Gasteiger partial charge in [-0.25, -0.2) is 0 Å².